The molecular formula is C13H25NO2. The zero-order valence-corrected chi connectivity index (χ0v) is 10.4. The average Bonchev–Trinajstić information content (AvgIpc) is 2.75. The quantitative estimate of drug-likeness (QED) is 0.627. The van der Waals surface area contributed by atoms with E-state index in [0.717, 1.165) is 31.7 Å². The van der Waals surface area contributed by atoms with Crippen LogP contribution in [0.4, 0.5) is 0 Å². The fourth-order valence-electron chi connectivity index (χ4n) is 2.53. The zero-order chi connectivity index (χ0) is 11.8. The maximum Gasteiger partial charge on any atom is 0.303 e. The Bertz CT molecular complexity index is 200. The van der Waals surface area contributed by atoms with Crippen LogP contribution in [0.2, 0.25) is 0 Å². The molecule has 0 radical (unpaired) electrons. The Balaban J connectivity index is 1.92. The molecule has 0 unspecified atom stereocenters. The third-order valence-electron chi connectivity index (χ3n) is 3.64. The minimum absolute atomic E-state index is 0.318. The molecule has 1 fully saturated rings. The van der Waals surface area contributed by atoms with E-state index >= 15 is 0 Å². The summed E-state index contributed by atoms with van der Waals surface area (Å²) in [5.74, 6) is 0.200. The lowest BCUT2D eigenvalue weighted by molar-refractivity contribution is -0.137. The van der Waals surface area contributed by atoms with Gasteiger partial charge in [0.05, 0.1) is 0 Å². The van der Waals surface area contributed by atoms with E-state index in [-0.39, 0.29) is 0 Å². The molecular weight excluding hydrogens is 202 g/mol. The lowest BCUT2D eigenvalue weighted by Crippen LogP contribution is -2.32. The predicted molar refractivity (Wildman–Crippen MR) is 65.5 cm³/mol. The smallest absolute Gasteiger partial charge is 0.303 e. The zero-order valence-electron chi connectivity index (χ0n) is 10.4. The lowest BCUT2D eigenvalue weighted by atomic mass is 10.00. The first kappa shape index (κ1) is 13.5. The van der Waals surface area contributed by atoms with Crippen molar-refractivity contribution in [1.29, 1.82) is 0 Å². The monoisotopic (exact) mass is 227 g/mol. The molecule has 3 heteroatoms. The van der Waals surface area contributed by atoms with Crippen molar-refractivity contribution in [2.24, 2.45) is 5.92 Å². The van der Waals surface area contributed by atoms with E-state index in [1.54, 1.807) is 0 Å². The Kier molecular flexibility index (Phi) is 6.46. The Morgan fingerprint density at radius 1 is 1.31 bits per heavy atom. The van der Waals surface area contributed by atoms with Crippen molar-refractivity contribution in [3.63, 3.8) is 0 Å². The van der Waals surface area contributed by atoms with Crippen LogP contribution in [0.15, 0.2) is 0 Å². The van der Waals surface area contributed by atoms with Gasteiger partial charge in [-0.1, -0.05) is 19.3 Å². The molecule has 94 valence electrons. The molecule has 0 aromatic rings. The van der Waals surface area contributed by atoms with E-state index in [2.05, 4.69) is 12.2 Å². The summed E-state index contributed by atoms with van der Waals surface area (Å²) in [6.07, 6.45) is 8.82. The fraction of sp³-hybridized carbons (Fsp3) is 0.923. The topological polar surface area (TPSA) is 49.3 Å². The highest BCUT2D eigenvalue weighted by Crippen LogP contribution is 2.27. The normalized spacial score (nSPS) is 18.8. The minimum Gasteiger partial charge on any atom is -0.481 e. The van der Waals surface area contributed by atoms with Crippen LogP contribution in [0, 0.1) is 5.92 Å². The van der Waals surface area contributed by atoms with Crippen molar-refractivity contribution in [3.05, 3.63) is 0 Å². The maximum atomic E-state index is 10.3. The summed E-state index contributed by atoms with van der Waals surface area (Å²) in [4.78, 5) is 10.3. The van der Waals surface area contributed by atoms with Crippen LogP contribution in [-0.2, 0) is 4.79 Å². The average molecular weight is 227 g/mol. The predicted octanol–water partition coefficient (Wildman–Crippen LogP) is 2.80. The second-order valence-corrected chi connectivity index (χ2v) is 4.99. The number of hydrogen-bond donors (Lipinski definition) is 2. The van der Waals surface area contributed by atoms with Gasteiger partial charge in [0.1, 0.15) is 0 Å². The Morgan fingerprint density at radius 2 is 2.00 bits per heavy atom. The Morgan fingerprint density at radius 3 is 2.62 bits per heavy atom. The van der Waals surface area contributed by atoms with Gasteiger partial charge in [-0.2, -0.15) is 0 Å². The van der Waals surface area contributed by atoms with E-state index in [0.29, 0.717) is 12.5 Å². The number of aliphatic carboxylic acids is 1. The van der Waals surface area contributed by atoms with Crippen molar-refractivity contribution < 1.29 is 9.90 Å². The number of rotatable bonds is 8. The first-order valence-corrected chi connectivity index (χ1v) is 6.65. The summed E-state index contributed by atoms with van der Waals surface area (Å²) >= 11 is 0. The van der Waals surface area contributed by atoms with Crippen LogP contribution < -0.4 is 5.32 Å². The van der Waals surface area contributed by atoms with Gasteiger partial charge >= 0.3 is 5.97 Å². The van der Waals surface area contributed by atoms with Crippen LogP contribution in [0.1, 0.15) is 58.3 Å². The number of nitrogens with one attached hydrogen (secondary N) is 1. The molecule has 1 saturated carbocycles. The van der Waals surface area contributed by atoms with E-state index in [9.17, 15) is 4.79 Å². The van der Waals surface area contributed by atoms with Crippen LogP contribution in [0.25, 0.3) is 0 Å². The first-order chi connectivity index (χ1) is 7.70. The Labute approximate surface area is 98.6 Å². The maximum absolute atomic E-state index is 10.3. The van der Waals surface area contributed by atoms with Gasteiger partial charge in [0.25, 0.3) is 0 Å². The van der Waals surface area contributed by atoms with Crippen LogP contribution >= 0.6 is 0 Å². The highest BCUT2D eigenvalue weighted by molar-refractivity contribution is 5.66. The van der Waals surface area contributed by atoms with E-state index < -0.39 is 5.97 Å². The van der Waals surface area contributed by atoms with Crippen molar-refractivity contribution in [3.8, 4) is 0 Å². The van der Waals surface area contributed by atoms with Crippen LogP contribution in [0.5, 0.6) is 0 Å². The Hall–Kier alpha value is -0.570. The number of carboxylic acids is 1. The summed E-state index contributed by atoms with van der Waals surface area (Å²) < 4.78 is 0. The molecule has 0 heterocycles. The molecule has 0 aromatic heterocycles. The van der Waals surface area contributed by atoms with E-state index in [4.69, 9.17) is 5.11 Å². The van der Waals surface area contributed by atoms with Crippen molar-refractivity contribution in [2.45, 2.75) is 64.3 Å². The van der Waals surface area contributed by atoms with Crippen LogP contribution in [0.3, 0.4) is 0 Å². The first-order valence-electron chi connectivity index (χ1n) is 6.65. The van der Waals surface area contributed by atoms with Gasteiger partial charge in [-0.25, -0.2) is 0 Å². The van der Waals surface area contributed by atoms with Gasteiger partial charge in [-0.05, 0) is 45.1 Å². The number of carbonyl (C=O) groups is 1. The molecule has 0 saturated heterocycles. The van der Waals surface area contributed by atoms with Gasteiger partial charge in [0.2, 0.25) is 0 Å². The second-order valence-electron chi connectivity index (χ2n) is 4.99. The summed E-state index contributed by atoms with van der Waals surface area (Å²) in [7, 11) is 0. The van der Waals surface area contributed by atoms with Crippen molar-refractivity contribution in [1.82, 2.24) is 5.32 Å². The number of hydrogen-bond acceptors (Lipinski definition) is 2. The SMILES string of the molecule is C[C@H](NCCCCCC(=O)O)C1CCCC1. The molecule has 1 aliphatic carbocycles. The number of carboxylic acid groups (broad SMARTS) is 1. The minimum atomic E-state index is -0.674. The molecule has 0 aliphatic heterocycles. The molecule has 0 amide bonds. The second kappa shape index (κ2) is 7.66. The highest BCUT2D eigenvalue weighted by atomic mass is 16.4. The van der Waals surface area contributed by atoms with Crippen molar-refractivity contribution in [2.75, 3.05) is 6.54 Å². The molecule has 0 aromatic carbocycles. The largest absolute Gasteiger partial charge is 0.481 e. The standard InChI is InChI=1S/C13H25NO2/c1-11(12-7-4-5-8-12)14-10-6-2-3-9-13(15)16/h11-12,14H,2-10H2,1H3,(H,15,16)/t11-/m0/s1. The fourth-order valence-corrected chi connectivity index (χ4v) is 2.53. The molecule has 0 spiro atoms. The van der Waals surface area contributed by atoms with Gasteiger partial charge in [0.15, 0.2) is 0 Å². The summed E-state index contributed by atoms with van der Waals surface area (Å²) in [6, 6.07) is 0.641. The van der Waals surface area contributed by atoms with Crippen LogP contribution in [-0.4, -0.2) is 23.7 Å². The summed E-state index contributed by atoms with van der Waals surface area (Å²) in [6.45, 7) is 3.32. The van der Waals surface area contributed by atoms with Gasteiger partial charge in [-0.15, -0.1) is 0 Å². The van der Waals surface area contributed by atoms with E-state index in [1.165, 1.54) is 25.7 Å². The third kappa shape index (κ3) is 5.50. The third-order valence-corrected chi connectivity index (χ3v) is 3.64. The van der Waals surface area contributed by atoms with Gasteiger partial charge in [-0.3, -0.25) is 4.79 Å². The summed E-state index contributed by atoms with van der Waals surface area (Å²) in [5, 5.41) is 12.1. The molecule has 1 aliphatic rings. The summed E-state index contributed by atoms with van der Waals surface area (Å²) in [5.41, 5.74) is 0. The molecule has 16 heavy (non-hydrogen) atoms. The van der Waals surface area contributed by atoms with Gasteiger partial charge in [0, 0.05) is 12.5 Å². The van der Waals surface area contributed by atoms with E-state index in [1.807, 2.05) is 0 Å². The molecule has 0 bridgehead atoms. The number of unbranched alkanes of at least 4 members (excludes halogenated alkanes) is 2. The molecule has 2 N–H and O–H groups in total. The molecule has 3 nitrogen and oxygen atoms in total. The van der Waals surface area contributed by atoms with Crippen molar-refractivity contribution >= 4 is 5.97 Å². The molecule has 1 rings (SSSR count). The molecule has 1 atom stereocenters. The lowest BCUT2D eigenvalue weighted by Gasteiger charge is -2.20. The van der Waals surface area contributed by atoms with Gasteiger partial charge < -0.3 is 10.4 Å². The highest BCUT2D eigenvalue weighted by Gasteiger charge is 2.20.